The lowest BCUT2D eigenvalue weighted by atomic mass is 10.0. The first-order chi connectivity index (χ1) is 21.8. The van der Waals surface area contributed by atoms with E-state index in [1.807, 2.05) is 47.7 Å². The molecule has 3 heterocycles. The number of aromatic nitrogens is 4. The summed E-state index contributed by atoms with van der Waals surface area (Å²) in [7, 11) is 0. The summed E-state index contributed by atoms with van der Waals surface area (Å²) in [6, 6.07) is 50.7. The Kier molecular flexibility index (Phi) is 5.64. The van der Waals surface area contributed by atoms with Crippen molar-refractivity contribution in [1.82, 2.24) is 19.5 Å². The van der Waals surface area contributed by atoms with Gasteiger partial charge in [0.25, 0.3) is 0 Å². The molecule has 206 valence electrons. The second kappa shape index (κ2) is 9.97. The van der Waals surface area contributed by atoms with Gasteiger partial charge in [0.15, 0.2) is 17.5 Å². The Hall–Kier alpha value is -5.65. The van der Waals surface area contributed by atoms with Crippen LogP contribution in [0.1, 0.15) is 0 Å². The Morgan fingerprint density at radius 1 is 0.409 bits per heavy atom. The molecule has 0 unspecified atom stereocenters. The highest BCUT2D eigenvalue weighted by Gasteiger charge is 2.23. The van der Waals surface area contributed by atoms with Gasteiger partial charge in [0.1, 0.15) is 0 Å². The average molecular weight is 581 g/mol. The molecule has 6 aromatic carbocycles. The van der Waals surface area contributed by atoms with E-state index < -0.39 is 0 Å². The highest BCUT2D eigenvalue weighted by atomic mass is 32.1. The van der Waals surface area contributed by atoms with E-state index in [0.717, 1.165) is 33.4 Å². The Labute approximate surface area is 257 Å². The van der Waals surface area contributed by atoms with Crippen LogP contribution in [0.15, 0.2) is 146 Å². The molecule has 3 aromatic heterocycles. The SMILES string of the molecule is c1ccc(-c2nc(-c3ccccc3)nc(-c3ccc4sc5ccccc5c4c3-n3c4ccccc4c4ccccc43)n2)cc1. The van der Waals surface area contributed by atoms with Gasteiger partial charge in [-0.15, -0.1) is 11.3 Å². The van der Waals surface area contributed by atoms with Gasteiger partial charge in [-0.1, -0.05) is 115 Å². The quantitative estimate of drug-likeness (QED) is 0.208. The highest BCUT2D eigenvalue weighted by Crippen LogP contribution is 2.44. The van der Waals surface area contributed by atoms with E-state index in [2.05, 4.69) is 114 Å². The Bertz CT molecular complexity index is 2380. The normalized spacial score (nSPS) is 11.6. The molecule has 0 aliphatic heterocycles. The average Bonchev–Trinajstić information content (AvgIpc) is 3.64. The minimum Gasteiger partial charge on any atom is -0.308 e. The number of para-hydroxylation sites is 2. The van der Waals surface area contributed by atoms with Gasteiger partial charge in [-0.05, 0) is 30.3 Å². The lowest BCUT2D eigenvalue weighted by Crippen LogP contribution is -2.04. The maximum Gasteiger partial charge on any atom is 0.166 e. The fourth-order valence-electron chi connectivity index (χ4n) is 6.30. The Balaban J connectivity index is 1.45. The molecule has 0 radical (unpaired) electrons. The van der Waals surface area contributed by atoms with Crippen LogP contribution in [0.5, 0.6) is 0 Å². The molecule has 0 N–H and O–H groups in total. The number of rotatable bonds is 4. The van der Waals surface area contributed by atoms with Crippen molar-refractivity contribution in [3.63, 3.8) is 0 Å². The third-order valence-corrected chi connectivity index (χ3v) is 9.40. The van der Waals surface area contributed by atoms with E-state index in [0.29, 0.717) is 17.5 Å². The van der Waals surface area contributed by atoms with Gasteiger partial charge >= 0.3 is 0 Å². The van der Waals surface area contributed by atoms with E-state index in [1.165, 1.54) is 30.9 Å². The number of benzene rings is 6. The van der Waals surface area contributed by atoms with E-state index in [-0.39, 0.29) is 0 Å². The van der Waals surface area contributed by atoms with Crippen molar-refractivity contribution in [2.45, 2.75) is 0 Å². The molecular formula is C39H24N4S. The highest BCUT2D eigenvalue weighted by molar-refractivity contribution is 7.25. The largest absolute Gasteiger partial charge is 0.308 e. The maximum atomic E-state index is 5.17. The molecular weight excluding hydrogens is 557 g/mol. The van der Waals surface area contributed by atoms with Gasteiger partial charge < -0.3 is 4.57 Å². The molecule has 0 saturated heterocycles. The number of fused-ring (bicyclic) bond motifs is 6. The molecule has 0 saturated carbocycles. The molecule has 5 heteroatoms. The summed E-state index contributed by atoms with van der Waals surface area (Å²) in [6.45, 7) is 0. The molecule has 44 heavy (non-hydrogen) atoms. The van der Waals surface area contributed by atoms with E-state index in [1.54, 1.807) is 0 Å². The van der Waals surface area contributed by atoms with Crippen LogP contribution >= 0.6 is 11.3 Å². The molecule has 0 atom stereocenters. The number of hydrogen-bond donors (Lipinski definition) is 0. The molecule has 0 amide bonds. The first kappa shape index (κ1) is 24.9. The van der Waals surface area contributed by atoms with Crippen molar-refractivity contribution in [2.24, 2.45) is 0 Å². The first-order valence-electron chi connectivity index (χ1n) is 14.6. The second-order valence-electron chi connectivity index (χ2n) is 10.8. The Morgan fingerprint density at radius 3 is 1.52 bits per heavy atom. The predicted molar refractivity (Wildman–Crippen MR) is 183 cm³/mol. The Morgan fingerprint density at radius 2 is 0.909 bits per heavy atom. The van der Waals surface area contributed by atoms with Crippen LogP contribution in [0.25, 0.3) is 81.8 Å². The summed E-state index contributed by atoms with van der Waals surface area (Å²) >= 11 is 1.82. The van der Waals surface area contributed by atoms with E-state index >= 15 is 0 Å². The van der Waals surface area contributed by atoms with Crippen LogP contribution in [-0.2, 0) is 0 Å². The van der Waals surface area contributed by atoms with Crippen molar-refractivity contribution in [1.29, 1.82) is 0 Å². The summed E-state index contributed by atoms with van der Waals surface area (Å²) in [6.07, 6.45) is 0. The zero-order chi connectivity index (χ0) is 29.0. The first-order valence-corrected chi connectivity index (χ1v) is 15.5. The minimum absolute atomic E-state index is 0.645. The number of nitrogens with zero attached hydrogens (tertiary/aromatic N) is 4. The molecule has 0 aliphatic rings. The molecule has 0 bridgehead atoms. The molecule has 9 rings (SSSR count). The van der Waals surface area contributed by atoms with Gasteiger partial charge in [0.05, 0.1) is 16.7 Å². The molecule has 4 nitrogen and oxygen atoms in total. The zero-order valence-electron chi connectivity index (χ0n) is 23.6. The summed E-state index contributed by atoms with van der Waals surface area (Å²) < 4.78 is 4.90. The van der Waals surface area contributed by atoms with E-state index in [4.69, 9.17) is 15.0 Å². The van der Waals surface area contributed by atoms with Gasteiger partial charge in [-0.2, -0.15) is 0 Å². The minimum atomic E-state index is 0.645. The summed E-state index contributed by atoms with van der Waals surface area (Å²) in [5.41, 5.74) is 6.25. The second-order valence-corrected chi connectivity index (χ2v) is 11.9. The van der Waals surface area contributed by atoms with Crippen LogP contribution < -0.4 is 0 Å². The monoisotopic (exact) mass is 580 g/mol. The van der Waals surface area contributed by atoms with Crippen molar-refractivity contribution in [2.75, 3.05) is 0 Å². The summed E-state index contributed by atoms with van der Waals surface area (Å²) in [5, 5.41) is 4.87. The predicted octanol–water partition coefficient (Wildman–Crippen LogP) is 10.3. The smallest absolute Gasteiger partial charge is 0.166 e. The number of hydrogen-bond acceptors (Lipinski definition) is 4. The molecule has 0 spiro atoms. The van der Waals surface area contributed by atoms with Crippen LogP contribution in [-0.4, -0.2) is 19.5 Å². The van der Waals surface area contributed by atoms with Crippen LogP contribution in [0.4, 0.5) is 0 Å². The standard InChI is InChI=1S/C39H24N4S/c1-3-13-25(14-4-1)37-40-38(26-15-5-2-6-16-26)42-39(41-37)30-23-24-34-35(29-19-9-12-22-33(29)44-34)36(30)43-31-20-10-7-17-27(31)28-18-8-11-21-32(28)43/h1-24H. The maximum absolute atomic E-state index is 5.17. The van der Waals surface area contributed by atoms with Crippen molar-refractivity contribution < 1.29 is 0 Å². The third kappa shape index (κ3) is 3.87. The van der Waals surface area contributed by atoms with Crippen LogP contribution in [0, 0.1) is 0 Å². The fourth-order valence-corrected chi connectivity index (χ4v) is 7.41. The van der Waals surface area contributed by atoms with Gasteiger partial charge in [0, 0.05) is 47.6 Å². The molecule has 0 fully saturated rings. The van der Waals surface area contributed by atoms with Crippen molar-refractivity contribution in [3.8, 4) is 39.9 Å². The van der Waals surface area contributed by atoms with Crippen molar-refractivity contribution >= 4 is 53.3 Å². The van der Waals surface area contributed by atoms with E-state index in [9.17, 15) is 0 Å². The van der Waals surface area contributed by atoms with Crippen LogP contribution in [0.2, 0.25) is 0 Å². The lowest BCUT2D eigenvalue weighted by Gasteiger charge is -2.16. The summed E-state index contributed by atoms with van der Waals surface area (Å²) in [4.78, 5) is 15.3. The molecule has 9 aromatic rings. The van der Waals surface area contributed by atoms with Gasteiger partial charge in [-0.3, -0.25) is 0 Å². The third-order valence-electron chi connectivity index (χ3n) is 8.26. The number of thiophene rings is 1. The summed E-state index contributed by atoms with van der Waals surface area (Å²) in [5.74, 6) is 1.95. The van der Waals surface area contributed by atoms with Crippen molar-refractivity contribution in [3.05, 3.63) is 146 Å². The van der Waals surface area contributed by atoms with Gasteiger partial charge in [0.2, 0.25) is 0 Å². The zero-order valence-corrected chi connectivity index (χ0v) is 24.4. The fraction of sp³-hybridized carbons (Fsp3) is 0. The molecule has 0 aliphatic carbocycles. The van der Waals surface area contributed by atoms with Gasteiger partial charge in [-0.25, -0.2) is 15.0 Å². The topological polar surface area (TPSA) is 43.6 Å². The van der Waals surface area contributed by atoms with Crippen LogP contribution in [0.3, 0.4) is 0 Å². The lowest BCUT2D eigenvalue weighted by molar-refractivity contribution is 1.07.